The van der Waals surface area contributed by atoms with Crippen LogP contribution in [0.3, 0.4) is 0 Å². The van der Waals surface area contributed by atoms with Gasteiger partial charge in [0.25, 0.3) is 0 Å². The Kier molecular flexibility index (Phi) is 3.34. The number of rotatable bonds is 4. The molecular weight excluding hydrogens is 138 g/mol. The van der Waals surface area contributed by atoms with Crippen LogP contribution in [0.5, 0.6) is 0 Å². The van der Waals surface area contributed by atoms with E-state index >= 15 is 0 Å². The van der Waals surface area contributed by atoms with Crippen LogP contribution in [0.1, 0.15) is 20.3 Å². The molecule has 1 aliphatic rings. The zero-order valence-electron chi connectivity index (χ0n) is 7.84. The third-order valence-electron chi connectivity index (χ3n) is 2.12. The van der Waals surface area contributed by atoms with Gasteiger partial charge in [0.1, 0.15) is 0 Å². The Morgan fingerprint density at radius 3 is 2.55 bits per heavy atom. The maximum Gasteiger partial charge on any atom is 0.0518 e. The van der Waals surface area contributed by atoms with E-state index in [0.717, 1.165) is 12.5 Å². The van der Waals surface area contributed by atoms with E-state index in [1.807, 2.05) is 0 Å². The minimum atomic E-state index is 0.396. The summed E-state index contributed by atoms with van der Waals surface area (Å²) in [5.41, 5.74) is 0. The summed E-state index contributed by atoms with van der Waals surface area (Å²) in [4.78, 5) is 2.35. The molecule has 1 fully saturated rings. The van der Waals surface area contributed by atoms with E-state index in [-0.39, 0.29) is 0 Å². The highest BCUT2D eigenvalue weighted by atomic mass is 16.5. The second kappa shape index (κ2) is 4.07. The lowest BCUT2D eigenvalue weighted by Crippen LogP contribution is -2.44. The molecule has 0 atom stereocenters. The predicted octanol–water partition coefficient (Wildman–Crippen LogP) is 1.36. The highest BCUT2D eigenvalue weighted by Crippen LogP contribution is 2.16. The fourth-order valence-corrected chi connectivity index (χ4v) is 1.48. The van der Waals surface area contributed by atoms with Crippen LogP contribution in [-0.2, 0) is 4.74 Å². The Labute approximate surface area is 69.5 Å². The third-order valence-corrected chi connectivity index (χ3v) is 2.12. The summed E-state index contributed by atoms with van der Waals surface area (Å²) in [7, 11) is 2.17. The topological polar surface area (TPSA) is 12.5 Å². The summed E-state index contributed by atoms with van der Waals surface area (Å²) in [6.45, 7) is 7.65. The van der Waals surface area contributed by atoms with Crippen molar-refractivity contribution in [3.8, 4) is 0 Å². The summed E-state index contributed by atoms with van der Waals surface area (Å²) >= 11 is 0. The third kappa shape index (κ3) is 3.21. The van der Waals surface area contributed by atoms with Crippen LogP contribution in [0.4, 0.5) is 0 Å². The number of likely N-dealkylation sites (tertiary alicyclic amines) is 1. The van der Waals surface area contributed by atoms with Crippen LogP contribution < -0.4 is 0 Å². The van der Waals surface area contributed by atoms with Gasteiger partial charge < -0.3 is 9.64 Å². The van der Waals surface area contributed by atoms with Crippen molar-refractivity contribution in [2.24, 2.45) is 5.92 Å². The molecule has 0 radical (unpaired) electrons. The van der Waals surface area contributed by atoms with E-state index in [4.69, 9.17) is 4.74 Å². The second-order valence-corrected chi connectivity index (χ2v) is 3.80. The van der Waals surface area contributed by atoms with Crippen molar-refractivity contribution < 1.29 is 4.74 Å². The Morgan fingerprint density at radius 2 is 2.09 bits per heavy atom. The number of hydrogen-bond donors (Lipinski definition) is 0. The van der Waals surface area contributed by atoms with Gasteiger partial charge in [-0.3, -0.25) is 0 Å². The van der Waals surface area contributed by atoms with Gasteiger partial charge in [-0.1, -0.05) is 0 Å². The van der Waals surface area contributed by atoms with Crippen molar-refractivity contribution in [1.82, 2.24) is 4.90 Å². The summed E-state index contributed by atoms with van der Waals surface area (Å²) in [5, 5.41) is 0. The lowest BCUT2D eigenvalue weighted by atomic mass is 9.98. The second-order valence-electron chi connectivity index (χ2n) is 3.80. The summed E-state index contributed by atoms with van der Waals surface area (Å²) < 4.78 is 5.46. The Hall–Kier alpha value is -0.0800. The summed E-state index contributed by atoms with van der Waals surface area (Å²) in [5.74, 6) is 0.902. The molecule has 2 nitrogen and oxygen atoms in total. The van der Waals surface area contributed by atoms with Gasteiger partial charge in [-0.05, 0) is 33.2 Å². The highest BCUT2D eigenvalue weighted by Gasteiger charge is 2.22. The van der Waals surface area contributed by atoms with Gasteiger partial charge in [0, 0.05) is 19.7 Å². The molecule has 0 aromatic carbocycles. The van der Waals surface area contributed by atoms with Crippen molar-refractivity contribution in [2.45, 2.75) is 26.4 Å². The lowest BCUT2D eigenvalue weighted by Gasteiger charge is -2.36. The molecule has 0 amide bonds. The zero-order chi connectivity index (χ0) is 8.27. The van der Waals surface area contributed by atoms with Gasteiger partial charge in [0.2, 0.25) is 0 Å². The molecule has 0 spiro atoms. The molecule has 0 unspecified atom stereocenters. The van der Waals surface area contributed by atoms with Crippen LogP contribution in [0.2, 0.25) is 0 Å². The number of nitrogens with zero attached hydrogens (tertiary/aromatic N) is 1. The fraction of sp³-hybridized carbons (Fsp3) is 1.00. The van der Waals surface area contributed by atoms with E-state index < -0.39 is 0 Å². The van der Waals surface area contributed by atoms with E-state index in [1.165, 1.54) is 19.5 Å². The van der Waals surface area contributed by atoms with E-state index in [9.17, 15) is 0 Å². The van der Waals surface area contributed by atoms with Crippen LogP contribution in [0.15, 0.2) is 0 Å². The maximum absolute atomic E-state index is 5.46. The Morgan fingerprint density at radius 1 is 1.45 bits per heavy atom. The molecular formula is C9H19NO. The van der Waals surface area contributed by atoms with Gasteiger partial charge in [-0.15, -0.1) is 0 Å². The monoisotopic (exact) mass is 157 g/mol. The first-order valence-corrected chi connectivity index (χ1v) is 4.48. The maximum atomic E-state index is 5.46. The van der Waals surface area contributed by atoms with Crippen molar-refractivity contribution in [1.29, 1.82) is 0 Å². The van der Waals surface area contributed by atoms with Gasteiger partial charge in [0.05, 0.1) is 6.10 Å². The molecule has 1 rings (SSSR count). The number of ether oxygens (including phenoxy) is 1. The van der Waals surface area contributed by atoms with E-state index in [0.29, 0.717) is 6.10 Å². The molecule has 66 valence electrons. The average molecular weight is 157 g/mol. The van der Waals surface area contributed by atoms with Crippen molar-refractivity contribution in [3.05, 3.63) is 0 Å². The van der Waals surface area contributed by atoms with Gasteiger partial charge in [-0.25, -0.2) is 0 Å². The van der Waals surface area contributed by atoms with Gasteiger partial charge in [-0.2, -0.15) is 0 Å². The molecule has 0 aliphatic carbocycles. The quantitative estimate of drug-likeness (QED) is 0.611. The molecule has 1 saturated heterocycles. The van der Waals surface area contributed by atoms with Crippen molar-refractivity contribution in [3.63, 3.8) is 0 Å². The minimum absolute atomic E-state index is 0.396. The largest absolute Gasteiger partial charge is 0.379 e. The average Bonchev–Trinajstić information content (AvgIpc) is 1.83. The predicted molar refractivity (Wildman–Crippen MR) is 46.7 cm³/mol. The fourth-order valence-electron chi connectivity index (χ4n) is 1.48. The standard InChI is InChI=1S/C9H19NO/c1-8(2)11-5-4-9-6-10(3)7-9/h8-9H,4-7H2,1-3H3. The van der Waals surface area contributed by atoms with Crippen LogP contribution in [0, 0.1) is 5.92 Å². The molecule has 2 heteroatoms. The molecule has 0 aromatic heterocycles. The van der Waals surface area contributed by atoms with E-state index in [1.54, 1.807) is 0 Å². The smallest absolute Gasteiger partial charge is 0.0518 e. The lowest BCUT2D eigenvalue weighted by molar-refractivity contribution is 0.0414. The van der Waals surface area contributed by atoms with E-state index in [2.05, 4.69) is 25.8 Å². The molecule has 1 heterocycles. The molecule has 0 N–H and O–H groups in total. The SMILES string of the molecule is CC(C)OCCC1CN(C)C1. The Bertz CT molecular complexity index is 108. The molecule has 0 saturated carbocycles. The number of hydrogen-bond acceptors (Lipinski definition) is 2. The van der Waals surface area contributed by atoms with Crippen LogP contribution >= 0.6 is 0 Å². The first-order chi connectivity index (χ1) is 5.18. The summed E-state index contributed by atoms with van der Waals surface area (Å²) in [6, 6.07) is 0. The van der Waals surface area contributed by atoms with Crippen LogP contribution in [0.25, 0.3) is 0 Å². The molecule has 11 heavy (non-hydrogen) atoms. The van der Waals surface area contributed by atoms with Crippen LogP contribution in [-0.4, -0.2) is 37.7 Å². The molecule has 0 aromatic rings. The van der Waals surface area contributed by atoms with Gasteiger partial charge >= 0.3 is 0 Å². The molecule has 0 bridgehead atoms. The first kappa shape index (κ1) is 9.01. The van der Waals surface area contributed by atoms with Gasteiger partial charge in [0.15, 0.2) is 0 Å². The first-order valence-electron chi connectivity index (χ1n) is 4.48. The van der Waals surface area contributed by atoms with Crippen molar-refractivity contribution in [2.75, 3.05) is 26.7 Å². The normalized spacial score (nSPS) is 20.7. The van der Waals surface area contributed by atoms with Crippen molar-refractivity contribution >= 4 is 0 Å². The Balaban J connectivity index is 1.89. The molecule has 1 aliphatic heterocycles. The minimum Gasteiger partial charge on any atom is -0.379 e. The highest BCUT2D eigenvalue weighted by molar-refractivity contribution is 4.76. The zero-order valence-corrected chi connectivity index (χ0v) is 7.84. The summed E-state index contributed by atoms with van der Waals surface area (Å²) in [6.07, 6.45) is 1.63.